The Morgan fingerprint density at radius 1 is 1.21 bits per heavy atom. The minimum absolute atomic E-state index is 0.294. The Balaban J connectivity index is 2.22. The van der Waals surface area contributed by atoms with Gasteiger partial charge >= 0.3 is 0 Å². The molecule has 98 valence electrons. The van der Waals surface area contributed by atoms with Gasteiger partial charge in [-0.1, -0.05) is 23.2 Å². The lowest BCUT2D eigenvalue weighted by Gasteiger charge is -2.08. The molecule has 0 radical (unpaired) electrons. The second-order valence-corrected chi connectivity index (χ2v) is 4.60. The molecule has 0 aliphatic heterocycles. The van der Waals surface area contributed by atoms with Gasteiger partial charge in [-0.3, -0.25) is 9.78 Å². The van der Waals surface area contributed by atoms with Crippen LogP contribution in [0, 0.1) is 0 Å². The lowest BCUT2D eigenvalue weighted by Crippen LogP contribution is -2.14. The minimum atomic E-state index is -0.346. The minimum Gasteiger partial charge on any atom is -0.388 e. The molecule has 1 aromatic heterocycles. The Labute approximate surface area is 120 Å². The number of carbonyl (C=O) groups is 1. The fourth-order valence-corrected chi connectivity index (χ4v) is 1.83. The van der Waals surface area contributed by atoms with Crippen LogP contribution in [0.25, 0.3) is 0 Å². The van der Waals surface area contributed by atoms with Crippen molar-refractivity contribution in [2.24, 2.45) is 0 Å². The predicted octanol–water partition coefficient (Wildman–Crippen LogP) is 3.68. The predicted molar refractivity (Wildman–Crippen MR) is 78.2 cm³/mol. The highest BCUT2D eigenvalue weighted by Crippen LogP contribution is 2.25. The quantitative estimate of drug-likeness (QED) is 0.908. The molecule has 2 rings (SSSR count). The van der Waals surface area contributed by atoms with Gasteiger partial charge in [-0.25, -0.2) is 0 Å². The Hall–Kier alpha value is -1.78. The first-order chi connectivity index (χ1) is 9.10. The maximum atomic E-state index is 12.0. The molecule has 0 fully saturated rings. The largest absolute Gasteiger partial charge is 0.388 e. The van der Waals surface area contributed by atoms with E-state index in [2.05, 4.69) is 15.6 Å². The third-order valence-corrected chi connectivity index (χ3v) is 3.02. The normalized spacial score (nSPS) is 10.1. The molecule has 0 saturated carbocycles. The molecule has 0 unspecified atom stereocenters. The van der Waals surface area contributed by atoms with Crippen LogP contribution >= 0.6 is 23.2 Å². The van der Waals surface area contributed by atoms with E-state index < -0.39 is 0 Å². The number of amides is 1. The molecule has 0 aliphatic carbocycles. The maximum Gasteiger partial charge on any atom is 0.274 e. The lowest BCUT2D eigenvalue weighted by molar-refractivity contribution is 0.102. The first kappa shape index (κ1) is 13.6. The van der Waals surface area contributed by atoms with Crippen LogP contribution in [-0.2, 0) is 0 Å². The van der Waals surface area contributed by atoms with Crippen molar-refractivity contribution in [1.29, 1.82) is 0 Å². The summed E-state index contributed by atoms with van der Waals surface area (Å²) in [5.41, 5.74) is 1.55. The van der Waals surface area contributed by atoms with E-state index in [0.717, 1.165) is 5.69 Å². The zero-order valence-corrected chi connectivity index (χ0v) is 11.6. The highest BCUT2D eigenvalue weighted by Gasteiger charge is 2.10. The third kappa shape index (κ3) is 3.36. The van der Waals surface area contributed by atoms with Crippen LogP contribution in [0.5, 0.6) is 0 Å². The topological polar surface area (TPSA) is 54.0 Å². The molecule has 2 aromatic rings. The van der Waals surface area contributed by atoms with Crippen molar-refractivity contribution in [3.63, 3.8) is 0 Å². The monoisotopic (exact) mass is 295 g/mol. The van der Waals surface area contributed by atoms with Crippen LogP contribution in [0.4, 0.5) is 11.4 Å². The van der Waals surface area contributed by atoms with Gasteiger partial charge in [0.25, 0.3) is 5.91 Å². The summed E-state index contributed by atoms with van der Waals surface area (Å²) in [7, 11) is 1.77. The van der Waals surface area contributed by atoms with E-state index in [0.29, 0.717) is 21.4 Å². The van der Waals surface area contributed by atoms with Gasteiger partial charge in [-0.05, 0) is 30.3 Å². The Morgan fingerprint density at radius 2 is 2.00 bits per heavy atom. The second kappa shape index (κ2) is 5.91. The molecular weight excluding hydrogens is 285 g/mol. The average Bonchev–Trinajstić information content (AvgIpc) is 2.43. The fourth-order valence-electron chi connectivity index (χ4n) is 1.49. The molecular formula is C13H11Cl2N3O. The van der Waals surface area contributed by atoms with Gasteiger partial charge in [0, 0.05) is 24.0 Å². The number of anilines is 2. The fraction of sp³-hybridized carbons (Fsp3) is 0.0769. The number of rotatable bonds is 3. The van der Waals surface area contributed by atoms with Gasteiger partial charge in [0.1, 0.15) is 5.69 Å². The number of pyridine rings is 1. The van der Waals surface area contributed by atoms with Crippen molar-refractivity contribution in [3.05, 3.63) is 52.3 Å². The van der Waals surface area contributed by atoms with Crippen LogP contribution in [-0.4, -0.2) is 17.9 Å². The standard InChI is InChI=1S/C13H11Cl2N3O/c1-16-9-4-5-17-12(7-9)13(19)18-11-6-8(14)2-3-10(11)15/h2-7H,1H3,(H,16,17)(H,18,19). The molecule has 1 aromatic carbocycles. The van der Waals surface area contributed by atoms with Gasteiger partial charge in [-0.15, -0.1) is 0 Å². The number of hydrogen-bond donors (Lipinski definition) is 2. The summed E-state index contributed by atoms with van der Waals surface area (Å²) in [6.45, 7) is 0. The van der Waals surface area contributed by atoms with Gasteiger partial charge < -0.3 is 10.6 Å². The summed E-state index contributed by atoms with van der Waals surface area (Å²) in [6, 6.07) is 8.27. The zero-order valence-electron chi connectivity index (χ0n) is 10.1. The number of halogens is 2. The van der Waals surface area contributed by atoms with E-state index in [9.17, 15) is 4.79 Å². The summed E-state index contributed by atoms with van der Waals surface area (Å²) < 4.78 is 0. The van der Waals surface area contributed by atoms with Crippen LogP contribution in [0.2, 0.25) is 10.0 Å². The molecule has 0 bridgehead atoms. The number of nitrogens with zero attached hydrogens (tertiary/aromatic N) is 1. The van der Waals surface area contributed by atoms with E-state index >= 15 is 0 Å². The van der Waals surface area contributed by atoms with Crippen molar-refractivity contribution in [3.8, 4) is 0 Å². The molecule has 0 saturated heterocycles. The van der Waals surface area contributed by atoms with Crippen LogP contribution in [0.15, 0.2) is 36.5 Å². The lowest BCUT2D eigenvalue weighted by atomic mass is 10.2. The Kier molecular flexibility index (Phi) is 4.24. The highest BCUT2D eigenvalue weighted by molar-refractivity contribution is 6.35. The molecule has 0 spiro atoms. The second-order valence-electron chi connectivity index (χ2n) is 3.76. The molecule has 0 atom stereocenters. The molecule has 4 nitrogen and oxygen atoms in total. The summed E-state index contributed by atoms with van der Waals surface area (Å²) in [6.07, 6.45) is 1.56. The number of carbonyl (C=O) groups excluding carboxylic acids is 1. The van der Waals surface area contributed by atoms with Crippen molar-refractivity contribution < 1.29 is 4.79 Å². The van der Waals surface area contributed by atoms with Gasteiger partial charge in [0.05, 0.1) is 10.7 Å². The number of hydrogen-bond acceptors (Lipinski definition) is 3. The van der Waals surface area contributed by atoms with E-state index in [4.69, 9.17) is 23.2 Å². The molecule has 2 N–H and O–H groups in total. The Bertz CT molecular complexity index is 617. The Morgan fingerprint density at radius 3 is 2.74 bits per heavy atom. The van der Waals surface area contributed by atoms with Crippen LogP contribution < -0.4 is 10.6 Å². The smallest absolute Gasteiger partial charge is 0.274 e. The van der Waals surface area contributed by atoms with E-state index in [1.165, 1.54) is 0 Å². The summed E-state index contributed by atoms with van der Waals surface area (Å²) in [5.74, 6) is -0.346. The SMILES string of the molecule is CNc1ccnc(C(=O)Nc2cc(Cl)ccc2Cl)c1. The highest BCUT2D eigenvalue weighted by atomic mass is 35.5. The molecule has 0 aliphatic rings. The van der Waals surface area contributed by atoms with Gasteiger partial charge in [-0.2, -0.15) is 0 Å². The van der Waals surface area contributed by atoms with E-state index in [1.54, 1.807) is 43.6 Å². The average molecular weight is 296 g/mol. The van der Waals surface area contributed by atoms with Crippen molar-refractivity contribution in [1.82, 2.24) is 4.98 Å². The number of nitrogens with one attached hydrogen (secondary N) is 2. The number of benzene rings is 1. The van der Waals surface area contributed by atoms with Crippen molar-refractivity contribution >= 4 is 40.5 Å². The first-order valence-electron chi connectivity index (χ1n) is 5.50. The van der Waals surface area contributed by atoms with Crippen molar-refractivity contribution in [2.75, 3.05) is 17.7 Å². The first-order valence-corrected chi connectivity index (χ1v) is 6.26. The van der Waals surface area contributed by atoms with Gasteiger partial charge in [0.2, 0.25) is 0 Å². The molecule has 6 heteroatoms. The van der Waals surface area contributed by atoms with Crippen LogP contribution in [0.3, 0.4) is 0 Å². The summed E-state index contributed by atoms with van der Waals surface area (Å²) in [5, 5.41) is 6.53. The van der Waals surface area contributed by atoms with Crippen LogP contribution in [0.1, 0.15) is 10.5 Å². The van der Waals surface area contributed by atoms with E-state index in [-0.39, 0.29) is 5.91 Å². The third-order valence-electron chi connectivity index (χ3n) is 2.46. The zero-order chi connectivity index (χ0) is 13.8. The molecule has 1 amide bonds. The maximum absolute atomic E-state index is 12.0. The van der Waals surface area contributed by atoms with Gasteiger partial charge in [0.15, 0.2) is 0 Å². The van der Waals surface area contributed by atoms with E-state index in [1.807, 2.05) is 0 Å². The molecule has 1 heterocycles. The summed E-state index contributed by atoms with van der Waals surface area (Å²) in [4.78, 5) is 16.1. The summed E-state index contributed by atoms with van der Waals surface area (Å²) >= 11 is 11.8. The number of aromatic nitrogens is 1. The van der Waals surface area contributed by atoms with Crippen molar-refractivity contribution in [2.45, 2.75) is 0 Å². The molecule has 19 heavy (non-hydrogen) atoms.